The normalized spacial score (nSPS) is 10.5. The van der Waals surface area contributed by atoms with Crippen LogP contribution in [0.4, 0.5) is 10.2 Å². The molecule has 0 aliphatic carbocycles. The van der Waals surface area contributed by atoms with Crippen molar-refractivity contribution in [3.05, 3.63) is 35.8 Å². The van der Waals surface area contributed by atoms with Gasteiger partial charge in [0.05, 0.1) is 11.9 Å². The number of aryl methyl sites for hydroxylation is 2. The van der Waals surface area contributed by atoms with Crippen LogP contribution >= 0.6 is 0 Å². The number of hydrogen-bond donors (Lipinski definition) is 1. The lowest BCUT2D eigenvalue weighted by atomic mass is 10.3. The molecule has 2 aromatic rings. The van der Waals surface area contributed by atoms with Crippen molar-refractivity contribution in [2.45, 2.75) is 19.9 Å². The molecule has 0 aromatic carbocycles. The van der Waals surface area contributed by atoms with Crippen molar-refractivity contribution in [1.29, 1.82) is 0 Å². The largest absolute Gasteiger partial charge is 0.363 e. The fourth-order valence-corrected chi connectivity index (χ4v) is 1.52. The first-order valence-electron chi connectivity index (χ1n) is 5.41. The molecular weight excluding hydrogens is 221 g/mol. The second kappa shape index (κ2) is 4.90. The van der Waals surface area contributed by atoms with Gasteiger partial charge in [-0.1, -0.05) is 6.92 Å². The molecule has 0 radical (unpaired) electrons. The van der Waals surface area contributed by atoms with Crippen LogP contribution in [0.3, 0.4) is 0 Å². The van der Waals surface area contributed by atoms with Gasteiger partial charge in [-0.2, -0.15) is 5.10 Å². The molecule has 2 heterocycles. The summed E-state index contributed by atoms with van der Waals surface area (Å²) in [4.78, 5) is 7.76. The molecule has 5 nitrogen and oxygen atoms in total. The van der Waals surface area contributed by atoms with Gasteiger partial charge in [-0.15, -0.1) is 0 Å². The zero-order valence-electron chi connectivity index (χ0n) is 9.81. The zero-order chi connectivity index (χ0) is 12.3. The van der Waals surface area contributed by atoms with Crippen molar-refractivity contribution < 1.29 is 4.39 Å². The number of nitrogens with one attached hydrogen (secondary N) is 1. The average molecular weight is 235 g/mol. The van der Waals surface area contributed by atoms with Gasteiger partial charge < -0.3 is 5.32 Å². The predicted molar refractivity (Wildman–Crippen MR) is 61.9 cm³/mol. The fraction of sp³-hybridized carbons (Fsp3) is 0.364. The van der Waals surface area contributed by atoms with Crippen molar-refractivity contribution in [3.63, 3.8) is 0 Å². The summed E-state index contributed by atoms with van der Waals surface area (Å²) in [7, 11) is 1.84. The van der Waals surface area contributed by atoms with Crippen LogP contribution < -0.4 is 5.32 Å². The summed E-state index contributed by atoms with van der Waals surface area (Å²) in [6, 6.07) is 0. The Morgan fingerprint density at radius 1 is 1.41 bits per heavy atom. The molecule has 0 fully saturated rings. The summed E-state index contributed by atoms with van der Waals surface area (Å²) in [5, 5.41) is 6.97. The highest BCUT2D eigenvalue weighted by Crippen LogP contribution is 2.14. The zero-order valence-corrected chi connectivity index (χ0v) is 9.81. The van der Waals surface area contributed by atoms with Crippen LogP contribution in [0.5, 0.6) is 0 Å². The Bertz CT molecular complexity index is 508. The number of halogens is 1. The van der Waals surface area contributed by atoms with Crippen LogP contribution in [0.2, 0.25) is 0 Å². The van der Waals surface area contributed by atoms with Gasteiger partial charge in [-0.25, -0.2) is 14.4 Å². The molecule has 0 aliphatic heterocycles. The quantitative estimate of drug-likeness (QED) is 0.873. The van der Waals surface area contributed by atoms with Crippen LogP contribution in [0, 0.1) is 5.82 Å². The van der Waals surface area contributed by atoms with E-state index in [1.165, 1.54) is 6.33 Å². The van der Waals surface area contributed by atoms with Gasteiger partial charge in [0.25, 0.3) is 0 Å². The first kappa shape index (κ1) is 11.5. The van der Waals surface area contributed by atoms with E-state index in [4.69, 9.17) is 0 Å². The molecule has 0 spiro atoms. The highest BCUT2D eigenvalue weighted by Gasteiger charge is 2.09. The van der Waals surface area contributed by atoms with Crippen LogP contribution in [-0.4, -0.2) is 19.7 Å². The molecule has 0 amide bonds. The Balaban J connectivity index is 2.09. The molecule has 0 unspecified atom stereocenters. The molecule has 0 saturated carbocycles. The van der Waals surface area contributed by atoms with E-state index in [2.05, 4.69) is 20.4 Å². The third kappa shape index (κ3) is 2.58. The molecule has 2 aromatic heterocycles. The van der Waals surface area contributed by atoms with Crippen LogP contribution in [-0.2, 0) is 20.0 Å². The molecular formula is C11H14FN5. The highest BCUT2D eigenvalue weighted by atomic mass is 19.1. The Labute approximate surface area is 98.7 Å². The smallest absolute Gasteiger partial charge is 0.186 e. The Hall–Kier alpha value is -1.98. The number of anilines is 1. The molecule has 1 N–H and O–H groups in total. The van der Waals surface area contributed by atoms with Crippen molar-refractivity contribution in [3.8, 4) is 0 Å². The number of nitrogens with zero attached hydrogens (tertiary/aromatic N) is 4. The van der Waals surface area contributed by atoms with Gasteiger partial charge in [-0.05, 0) is 6.42 Å². The van der Waals surface area contributed by atoms with Gasteiger partial charge in [0.1, 0.15) is 6.33 Å². The summed E-state index contributed by atoms with van der Waals surface area (Å²) in [6.07, 6.45) is 5.52. The lowest BCUT2D eigenvalue weighted by Gasteiger charge is -2.06. The average Bonchev–Trinajstić information content (AvgIpc) is 2.74. The van der Waals surface area contributed by atoms with Crippen molar-refractivity contribution in [1.82, 2.24) is 19.7 Å². The van der Waals surface area contributed by atoms with E-state index in [1.807, 2.05) is 20.2 Å². The topological polar surface area (TPSA) is 55.6 Å². The van der Waals surface area contributed by atoms with E-state index >= 15 is 0 Å². The molecule has 2 rings (SSSR count). The third-order valence-corrected chi connectivity index (χ3v) is 2.41. The maximum atomic E-state index is 13.8. The van der Waals surface area contributed by atoms with Crippen molar-refractivity contribution in [2.75, 3.05) is 5.32 Å². The fourth-order valence-electron chi connectivity index (χ4n) is 1.52. The number of aromatic nitrogens is 4. The maximum Gasteiger partial charge on any atom is 0.186 e. The van der Waals surface area contributed by atoms with Gasteiger partial charge >= 0.3 is 0 Å². The summed E-state index contributed by atoms with van der Waals surface area (Å²) < 4.78 is 15.5. The minimum Gasteiger partial charge on any atom is -0.363 e. The summed E-state index contributed by atoms with van der Waals surface area (Å²) >= 11 is 0. The van der Waals surface area contributed by atoms with E-state index in [-0.39, 0.29) is 11.6 Å². The molecule has 0 bridgehead atoms. The predicted octanol–water partition coefficient (Wildman–Crippen LogP) is 1.52. The monoisotopic (exact) mass is 235 g/mol. The van der Waals surface area contributed by atoms with E-state index in [1.54, 1.807) is 10.9 Å². The summed E-state index contributed by atoms with van der Waals surface area (Å²) in [6.45, 7) is 2.35. The number of hydrogen-bond acceptors (Lipinski definition) is 4. The first-order chi connectivity index (χ1) is 8.20. The molecule has 0 atom stereocenters. The third-order valence-electron chi connectivity index (χ3n) is 2.41. The lowest BCUT2D eigenvalue weighted by molar-refractivity contribution is 0.596. The first-order valence-corrected chi connectivity index (χ1v) is 5.41. The van der Waals surface area contributed by atoms with Gasteiger partial charge in [0.2, 0.25) is 0 Å². The Morgan fingerprint density at radius 3 is 2.88 bits per heavy atom. The second-order valence-corrected chi connectivity index (χ2v) is 3.71. The van der Waals surface area contributed by atoms with Crippen LogP contribution in [0.15, 0.2) is 18.7 Å². The Morgan fingerprint density at radius 2 is 2.24 bits per heavy atom. The molecule has 17 heavy (non-hydrogen) atoms. The molecule has 6 heteroatoms. The van der Waals surface area contributed by atoms with E-state index in [0.29, 0.717) is 18.7 Å². The lowest BCUT2D eigenvalue weighted by Crippen LogP contribution is -2.06. The highest BCUT2D eigenvalue weighted by molar-refractivity contribution is 5.37. The second-order valence-electron chi connectivity index (χ2n) is 3.71. The van der Waals surface area contributed by atoms with E-state index < -0.39 is 0 Å². The minimum absolute atomic E-state index is 0.237. The summed E-state index contributed by atoms with van der Waals surface area (Å²) in [5.41, 5.74) is 1.40. The molecule has 0 aliphatic rings. The van der Waals surface area contributed by atoms with Crippen LogP contribution in [0.25, 0.3) is 0 Å². The van der Waals surface area contributed by atoms with Gasteiger partial charge in [0.15, 0.2) is 11.6 Å². The van der Waals surface area contributed by atoms with Gasteiger partial charge in [-0.3, -0.25) is 4.68 Å². The number of rotatable bonds is 4. The van der Waals surface area contributed by atoms with Crippen molar-refractivity contribution in [2.24, 2.45) is 7.05 Å². The van der Waals surface area contributed by atoms with Gasteiger partial charge in [0, 0.05) is 25.4 Å². The minimum atomic E-state index is -0.376. The maximum absolute atomic E-state index is 13.8. The molecule has 90 valence electrons. The standard InChI is InChI=1S/C11H14FN5/c1-3-9-10(12)11(15-7-14-9)13-4-8-5-16-17(2)6-8/h5-7H,3-4H2,1-2H3,(H,13,14,15). The SMILES string of the molecule is CCc1ncnc(NCc2cnn(C)c2)c1F. The van der Waals surface area contributed by atoms with E-state index in [9.17, 15) is 4.39 Å². The van der Waals surface area contributed by atoms with Crippen molar-refractivity contribution >= 4 is 5.82 Å². The van der Waals surface area contributed by atoms with E-state index in [0.717, 1.165) is 5.56 Å². The Kier molecular flexibility index (Phi) is 3.32. The van der Waals surface area contributed by atoms with Crippen LogP contribution in [0.1, 0.15) is 18.2 Å². The molecule has 0 saturated heterocycles. The summed E-state index contributed by atoms with van der Waals surface area (Å²) in [5.74, 6) is -0.139.